The second-order valence-electron chi connectivity index (χ2n) is 3.42. The Hall–Kier alpha value is -0.730. The number of ether oxygens (including phenoxy) is 1. The van der Waals surface area contributed by atoms with Gasteiger partial charge < -0.3 is 9.64 Å². The van der Waals surface area contributed by atoms with Crippen LogP contribution in [0.5, 0.6) is 0 Å². The van der Waals surface area contributed by atoms with Crippen LogP contribution in [0.3, 0.4) is 0 Å². The molecule has 3 heteroatoms. The van der Waals surface area contributed by atoms with Gasteiger partial charge in [-0.15, -0.1) is 0 Å². The van der Waals surface area contributed by atoms with E-state index in [0.29, 0.717) is 0 Å². The summed E-state index contributed by atoms with van der Waals surface area (Å²) in [6, 6.07) is 0. The van der Waals surface area contributed by atoms with Crippen LogP contribution in [0.1, 0.15) is 54.4 Å². The lowest BCUT2D eigenvalue weighted by atomic mass is 10.4. The van der Waals surface area contributed by atoms with Gasteiger partial charge in [-0.2, -0.15) is 0 Å². The molecule has 0 radical (unpaired) electrons. The van der Waals surface area contributed by atoms with Crippen molar-refractivity contribution < 1.29 is 9.53 Å². The first-order valence-corrected chi connectivity index (χ1v) is 6.07. The van der Waals surface area contributed by atoms with E-state index in [1.807, 2.05) is 27.7 Å². The molecule has 3 nitrogen and oxygen atoms in total. The van der Waals surface area contributed by atoms with E-state index in [1.165, 1.54) is 0 Å². The quantitative estimate of drug-likeness (QED) is 0.703. The monoisotopic (exact) mass is 217 g/mol. The fourth-order valence-corrected chi connectivity index (χ4v) is 1.11. The summed E-state index contributed by atoms with van der Waals surface area (Å²) in [7, 11) is 0. The van der Waals surface area contributed by atoms with E-state index in [0.717, 1.165) is 25.9 Å². The Morgan fingerprint density at radius 1 is 1.13 bits per heavy atom. The fraction of sp³-hybridized carbons (Fsp3) is 0.917. The van der Waals surface area contributed by atoms with Gasteiger partial charge >= 0.3 is 6.09 Å². The highest BCUT2D eigenvalue weighted by molar-refractivity contribution is 5.67. The lowest BCUT2D eigenvalue weighted by molar-refractivity contribution is 0.0767. The van der Waals surface area contributed by atoms with Crippen molar-refractivity contribution in [3.8, 4) is 0 Å². The maximum Gasteiger partial charge on any atom is 0.410 e. The van der Waals surface area contributed by atoms with E-state index in [-0.39, 0.29) is 12.2 Å². The van der Waals surface area contributed by atoms with Crippen molar-refractivity contribution in [2.45, 2.75) is 60.5 Å². The summed E-state index contributed by atoms with van der Waals surface area (Å²) < 4.78 is 5.10. The van der Waals surface area contributed by atoms with E-state index in [1.54, 1.807) is 4.90 Å². The lowest BCUT2D eigenvalue weighted by Crippen LogP contribution is -2.34. The molecule has 0 aliphatic carbocycles. The van der Waals surface area contributed by atoms with E-state index < -0.39 is 0 Å². The molecule has 0 aromatic heterocycles. The minimum absolute atomic E-state index is 0.0243. The van der Waals surface area contributed by atoms with Crippen LogP contribution >= 0.6 is 0 Å². The molecule has 0 aliphatic rings. The van der Waals surface area contributed by atoms with Crippen molar-refractivity contribution in [3.63, 3.8) is 0 Å². The smallest absolute Gasteiger partial charge is 0.410 e. The van der Waals surface area contributed by atoms with Crippen molar-refractivity contribution in [3.05, 3.63) is 0 Å². The number of rotatable bonds is 5. The molecule has 15 heavy (non-hydrogen) atoms. The second-order valence-corrected chi connectivity index (χ2v) is 3.42. The van der Waals surface area contributed by atoms with Gasteiger partial charge in [-0.1, -0.05) is 27.7 Å². The average Bonchev–Trinajstić information content (AvgIpc) is 2.19. The van der Waals surface area contributed by atoms with Crippen molar-refractivity contribution >= 4 is 6.09 Å². The highest BCUT2D eigenvalue weighted by atomic mass is 16.6. The number of hydrogen-bond acceptors (Lipinski definition) is 2. The largest absolute Gasteiger partial charge is 0.447 e. The molecular formula is C12H27NO2. The van der Waals surface area contributed by atoms with Crippen LogP contribution in [0.4, 0.5) is 4.79 Å². The summed E-state index contributed by atoms with van der Waals surface area (Å²) in [5, 5.41) is 0. The molecule has 0 saturated heterocycles. The second kappa shape index (κ2) is 11.3. The standard InChI is InChI=1S/C10H21NO2.C2H6/c1-5-7-11(8-6-2)10(12)13-9(3)4;1-2/h9H,5-8H2,1-4H3;1-2H3. The number of carbonyl (C=O) groups excluding carboxylic acids is 1. The highest BCUT2D eigenvalue weighted by Gasteiger charge is 2.13. The molecule has 0 rings (SSSR count). The minimum Gasteiger partial charge on any atom is -0.447 e. The topological polar surface area (TPSA) is 29.5 Å². The number of amides is 1. The molecule has 0 aromatic rings. The van der Waals surface area contributed by atoms with Crippen LogP contribution in [0.25, 0.3) is 0 Å². The van der Waals surface area contributed by atoms with Gasteiger partial charge in [0.25, 0.3) is 0 Å². The van der Waals surface area contributed by atoms with E-state index >= 15 is 0 Å². The van der Waals surface area contributed by atoms with Gasteiger partial charge in [0, 0.05) is 13.1 Å². The summed E-state index contributed by atoms with van der Waals surface area (Å²) in [5.74, 6) is 0. The van der Waals surface area contributed by atoms with Crippen LogP contribution in [0.2, 0.25) is 0 Å². The van der Waals surface area contributed by atoms with Crippen LogP contribution < -0.4 is 0 Å². The summed E-state index contributed by atoms with van der Waals surface area (Å²) in [5.41, 5.74) is 0. The Labute approximate surface area is 94.8 Å². The van der Waals surface area contributed by atoms with E-state index in [2.05, 4.69) is 13.8 Å². The van der Waals surface area contributed by atoms with Gasteiger partial charge in [0.2, 0.25) is 0 Å². The van der Waals surface area contributed by atoms with Gasteiger partial charge in [-0.25, -0.2) is 4.79 Å². The predicted octanol–water partition coefficient (Wildman–Crippen LogP) is 3.68. The molecule has 0 bridgehead atoms. The Bertz CT molecular complexity index is 141. The number of nitrogens with zero attached hydrogens (tertiary/aromatic N) is 1. The van der Waals surface area contributed by atoms with Gasteiger partial charge in [0.15, 0.2) is 0 Å². The summed E-state index contributed by atoms with van der Waals surface area (Å²) >= 11 is 0. The Morgan fingerprint density at radius 3 is 1.80 bits per heavy atom. The van der Waals surface area contributed by atoms with Crippen molar-refractivity contribution in [2.75, 3.05) is 13.1 Å². The molecule has 1 amide bonds. The van der Waals surface area contributed by atoms with E-state index in [9.17, 15) is 4.79 Å². The van der Waals surface area contributed by atoms with Gasteiger partial charge in [-0.3, -0.25) is 0 Å². The van der Waals surface area contributed by atoms with Crippen molar-refractivity contribution in [1.29, 1.82) is 0 Å². The molecule has 0 aliphatic heterocycles. The zero-order valence-corrected chi connectivity index (χ0v) is 11.2. The zero-order valence-electron chi connectivity index (χ0n) is 11.2. The summed E-state index contributed by atoms with van der Waals surface area (Å²) in [6.45, 7) is 13.4. The summed E-state index contributed by atoms with van der Waals surface area (Å²) in [4.78, 5) is 13.2. The average molecular weight is 217 g/mol. The highest BCUT2D eigenvalue weighted by Crippen LogP contribution is 2.00. The Kier molecular flexibility index (Phi) is 12.6. The third-order valence-corrected chi connectivity index (χ3v) is 1.58. The van der Waals surface area contributed by atoms with E-state index in [4.69, 9.17) is 4.74 Å². The first kappa shape index (κ1) is 16.7. The normalized spacial score (nSPS) is 9.27. The third kappa shape index (κ3) is 9.57. The first-order valence-electron chi connectivity index (χ1n) is 6.07. The molecule has 0 fully saturated rings. The first-order chi connectivity index (χ1) is 7.11. The zero-order chi connectivity index (χ0) is 12.3. The van der Waals surface area contributed by atoms with Crippen LogP contribution in [-0.2, 0) is 4.74 Å². The van der Waals surface area contributed by atoms with Gasteiger partial charge in [0.05, 0.1) is 6.10 Å². The molecule has 0 spiro atoms. The van der Waals surface area contributed by atoms with Crippen molar-refractivity contribution in [2.24, 2.45) is 0 Å². The molecule has 0 aromatic carbocycles. The molecule has 0 atom stereocenters. The fourth-order valence-electron chi connectivity index (χ4n) is 1.11. The number of carbonyl (C=O) groups is 1. The predicted molar refractivity (Wildman–Crippen MR) is 65.1 cm³/mol. The third-order valence-electron chi connectivity index (χ3n) is 1.58. The molecule has 0 saturated carbocycles. The maximum absolute atomic E-state index is 11.4. The maximum atomic E-state index is 11.4. The molecular weight excluding hydrogens is 190 g/mol. The Balaban J connectivity index is 0. The Morgan fingerprint density at radius 2 is 1.53 bits per heavy atom. The van der Waals surface area contributed by atoms with Crippen LogP contribution in [-0.4, -0.2) is 30.2 Å². The molecule has 92 valence electrons. The molecule has 0 N–H and O–H groups in total. The minimum atomic E-state index is -0.182. The number of hydrogen-bond donors (Lipinski definition) is 0. The van der Waals surface area contributed by atoms with Crippen LogP contribution in [0, 0.1) is 0 Å². The van der Waals surface area contributed by atoms with Crippen LogP contribution in [0.15, 0.2) is 0 Å². The van der Waals surface area contributed by atoms with Crippen molar-refractivity contribution in [1.82, 2.24) is 4.90 Å². The summed E-state index contributed by atoms with van der Waals surface area (Å²) in [6.07, 6.45) is 1.75. The lowest BCUT2D eigenvalue weighted by Gasteiger charge is -2.22. The van der Waals surface area contributed by atoms with Gasteiger partial charge in [-0.05, 0) is 26.7 Å². The SMILES string of the molecule is CC.CCCN(CCC)C(=O)OC(C)C. The molecule has 0 heterocycles. The molecule has 0 unspecified atom stereocenters. The van der Waals surface area contributed by atoms with Gasteiger partial charge in [0.1, 0.15) is 0 Å².